The van der Waals surface area contributed by atoms with E-state index in [4.69, 9.17) is 14.6 Å². The molecule has 142 valence electrons. The average Bonchev–Trinajstić information content (AvgIpc) is 2.65. The van der Waals surface area contributed by atoms with E-state index in [1.807, 2.05) is 0 Å². The number of carbonyl (C=O) groups is 2. The van der Waals surface area contributed by atoms with Crippen LogP contribution < -0.4 is 9.64 Å². The minimum Gasteiger partial charge on any atom is -0.490 e. The zero-order valence-corrected chi connectivity index (χ0v) is 14.7. The number of aliphatic carboxylic acids is 1. The summed E-state index contributed by atoms with van der Waals surface area (Å²) in [6.07, 6.45) is -0.727. The molecule has 2 aromatic carbocycles. The Morgan fingerprint density at radius 1 is 1.15 bits per heavy atom. The maximum Gasteiger partial charge on any atom is 0.414 e. The van der Waals surface area contributed by atoms with Gasteiger partial charge in [-0.1, -0.05) is 12.1 Å². The van der Waals surface area contributed by atoms with Crippen LogP contribution in [0.15, 0.2) is 42.5 Å². The maximum absolute atomic E-state index is 12.2. The number of anilines is 1. The number of ether oxygens (including phenoxy) is 2. The van der Waals surface area contributed by atoms with E-state index >= 15 is 0 Å². The molecule has 2 rings (SSSR count). The van der Waals surface area contributed by atoms with Gasteiger partial charge in [-0.2, -0.15) is 0 Å². The van der Waals surface area contributed by atoms with E-state index in [2.05, 4.69) is 0 Å². The lowest BCUT2D eigenvalue weighted by Gasteiger charge is -2.17. The summed E-state index contributed by atoms with van der Waals surface area (Å²) in [4.78, 5) is 34.5. The molecule has 0 heterocycles. The summed E-state index contributed by atoms with van der Waals surface area (Å²) in [5.74, 6) is -0.857. The number of hydrogen-bond donors (Lipinski definition) is 1. The summed E-state index contributed by atoms with van der Waals surface area (Å²) < 4.78 is 10.2. The van der Waals surface area contributed by atoms with E-state index in [9.17, 15) is 19.7 Å². The van der Waals surface area contributed by atoms with Gasteiger partial charge in [0.2, 0.25) is 0 Å². The lowest BCUT2D eigenvalue weighted by atomic mass is 10.1. The maximum atomic E-state index is 12.2. The standard InChI is InChI=1S/C18H18N2O7/c1-19(14-6-3-12(4-7-14)10-17(21)22)18(23)27-11-13-5-8-15(20(24)25)16(9-13)26-2/h3-9H,10-11H2,1-2H3,(H,21,22). The number of nitro benzene ring substituents is 1. The van der Waals surface area contributed by atoms with Crippen LogP contribution in [0.2, 0.25) is 0 Å². The summed E-state index contributed by atoms with van der Waals surface area (Å²) in [6.45, 7) is -0.0887. The Hall–Kier alpha value is -3.62. The zero-order valence-electron chi connectivity index (χ0n) is 14.7. The van der Waals surface area contributed by atoms with Gasteiger partial charge in [0.25, 0.3) is 0 Å². The molecule has 0 saturated heterocycles. The van der Waals surface area contributed by atoms with Gasteiger partial charge in [0, 0.05) is 18.8 Å². The third-order valence-corrected chi connectivity index (χ3v) is 3.76. The van der Waals surface area contributed by atoms with Gasteiger partial charge >= 0.3 is 17.7 Å². The molecule has 9 heteroatoms. The molecular weight excluding hydrogens is 356 g/mol. The van der Waals surface area contributed by atoms with Crippen LogP contribution in [0.5, 0.6) is 5.75 Å². The van der Waals surface area contributed by atoms with E-state index in [0.717, 1.165) is 0 Å². The Labute approximate surface area is 154 Å². The molecule has 2 aromatic rings. The normalized spacial score (nSPS) is 10.1. The molecule has 0 radical (unpaired) electrons. The molecule has 0 aromatic heterocycles. The fraction of sp³-hybridized carbons (Fsp3) is 0.222. The lowest BCUT2D eigenvalue weighted by Crippen LogP contribution is -2.26. The number of methoxy groups -OCH3 is 1. The van der Waals surface area contributed by atoms with Gasteiger partial charge in [-0.05, 0) is 35.4 Å². The predicted octanol–water partition coefficient (Wildman–Crippen LogP) is 3.00. The quantitative estimate of drug-likeness (QED) is 0.584. The number of benzene rings is 2. The number of hydrogen-bond acceptors (Lipinski definition) is 6. The molecule has 9 nitrogen and oxygen atoms in total. The van der Waals surface area contributed by atoms with Crippen LogP contribution in [0, 0.1) is 10.1 Å². The van der Waals surface area contributed by atoms with Crippen LogP contribution in [0.25, 0.3) is 0 Å². The van der Waals surface area contributed by atoms with Gasteiger partial charge in [0.15, 0.2) is 5.75 Å². The Balaban J connectivity index is 2.00. The van der Waals surface area contributed by atoms with Crippen LogP contribution in [0.4, 0.5) is 16.2 Å². The monoisotopic (exact) mass is 374 g/mol. The summed E-state index contributed by atoms with van der Waals surface area (Å²) in [5.41, 5.74) is 1.52. The number of carboxylic acid groups (broad SMARTS) is 1. The van der Waals surface area contributed by atoms with Crippen molar-refractivity contribution in [2.45, 2.75) is 13.0 Å². The molecule has 0 unspecified atom stereocenters. The fourth-order valence-corrected chi connectivity index (χ4v) is 2.32. The predicted molar refractivity (Wildman–Crippen MR) is 96.0 cm³/mol. The first kappa shape index (κ1) is 19.7. The number of carboxylic acids is 1. The summed E-state index contributed by atoms with van der Waals surface area (Å²) >= 11 is 0. The second-order valence-electron chi connectivity index (χ2n) is 5.61. The van der Waals surface area contributed by atoms with Crippen molar-refractivity contribution >= 4 is 23.4 Å². The van der Waals surface area contributed by atoms with Gasteiger partial charge in [-0.15, -0.1) is 0 Å². The second-order valence-corrected chi connectivity index (χ2v) is 5.61. The van der Waals surface area contributed by atoms with Gasteiger partial charge in [-0.3, -0.25) is 19.8 Å². The fourth-order valence-electron chi connectivity index (χ4n) is 2.32. The third-order valence-electron chi connectivity index (χ3n) is 3.76. The van der Waals surface area contributed by atoms with E-state index < -0.39 is 17.0 Å². The molecular formula is C18H18N2O7. The Kier molecular flexibility index (Phi) is 6.32. The molecule has 1 N–H and O–H groups in total. The van der Waals surface area contributed by atoms with Crippen molar-refractivity contribution in [3.05, 3.63) is 63.7 Å². The number of nitrogens with zero attached hydrogens (tertiary/aromatic N) is 2. The third kappa shape index (κ3) is 5.18. The van der Waals surface area contributed by atoms with Crippen LogP contribution in [-0.4, -0.2) is 36.2 Å². The molecule has 0 aliphatic rings. The molecule has 1 amide bonds. The highest BCUT2D eigenvalue weighted by atomic mass is 16.6. The summed E-state index contributed by atoms with van der Waals surface area (Å²) in [6, 6.07) is 10.7. The van der Waals surface area contributed by atoms with Gasteiger partial charge < -0.3 is 14.6 Å². The highest BCUT2D eigenvalue weighted by Crippen LogP contribution is 2.28. The van der Waals surface area contributed by atoms with Crippen LogP contribution in [0.1, 0.15) is 11.1 Å². The summed E-state index contributed by atoms with van der Waals surface area (Å²) in [5, 5.41) is 19.7. The number of rotatable bonds is 7. The average molecular weight is 374 g/mol. The Morgan fingerprint density at radius 3 is 2.33 bits per heavy atom. The van der Waals surface area contributed by atoms with Gasteiger partial charge in [0.05, 0.1) is 18.5 Å². The molecule has 0 bridgehead atoms. The van der Waals surface area contributed by atoms with Gasteiger partial charge in [-0.25, -0.2) is 4.79 Å². The smallest absolute Gasteiger partial charge is 0.414 e. The number of nitro groups is 1. The van der Waals surface area contributed by atoms with Gasteiger partial charge in [0.1, 0.15) is 6.61 Å². The summed E-state index contributed by atoms with van der Waals surface area (Å²) in [7, 11) is 2.84. The highest BCUT2D eigenvalue weighted by molar-refractivity contribution is 5.87. The molecule has 0 aliphatic heterocycles. The largest absolute Gasteiger partial charge is 0.490 e. The molecule has 0 atom stereocenters. The molecule has 0 saturated carbocycles. The van der Waals surface area contributed by atoms with Crippen LogP contribution in [-0.2, 0) is 22.6 Å². The first-order valence-corrected chi connectivity index (χ1v) is 7.84. The highest BCUT2D eigenvalue weighted by Gasteiger charge is 2.17. The van der Waals surface area contributed by atoms with E-state index in [0.29, 0.717) is 16.8 Å². The van der Waals surface area contributed by atoms with Crippen molar-refractivity contribution in [2.24, 2.45) is 0 Å². The molecule has 0 spiro atoms. The number of amides is 1. The van der Waals surface area contributed by atoms with E-state index in [1.54, 1.807) is 24.3 Å². The Bertz CT molecular complexity index is 849. The van der Waals surface area contributed by atoms with Crippen molar-refractivity contribution < 1.29 is 29.1 Å². The Morgan fingerprint density at radius 2 is 1.78 bits per heavy atom. The number of carbonyl (C=O) groups excluding carboxylic acids is 1. The SMILES string of the molecule is COc1cc(COC(=O)N(C)c2ccc(CC(=O)O)cc2)ccc1[N+](=O)[O-]. The van der Waals surface area contributed by atoms with Crippen molar-refractivity contribution in [3.63, 3.8) is 0 Å². The van der Waals surface area contributed by atoms with Crippen LogP contribution in [0.3, 0.4) is 0 Å². The minimum absolute atomic E-state index is 0.0796. The van der Waals surface area contributed by atoms with Crippen LogP contribution >= 0.6 is 0 Å². The van der Waals surface area contributed by atoms with E-state index in [1.165, 1.54) is 37.3 Å². The van der Waals surface area contributed by atoms with Crippen molar-refractivity contribution in [3.8, 4) is 5.75 Å². The van der Waals surface area contributed by atoms with E-state index in [-0.39, 0.29) is 24.5 Å². The van der Waals surface area contributed by atoms with Crippen molar-refractivity contribution in [1.82, 2.24) is 0 Å². The topological polar surface area (TPSA) is 119 Å². The second kappa shape index (κ2) is 8.65. The lowest BCUT2D eigenvalue weighted by molar-refractivity contribution is -0.385. The van der Waals surface area contributed by atoms with Crippen molar-refractivity contribution in [1.29, 1.82) is 0 Å². The zero-order chi connectivity index (χ0) is 20.0. The molecule has 0 aliphatic carbocycles. The van der Waals surface area contributed by atoms with Crippen molar-refractivity contribution in [2.75, 3.05) is 19.1 Å². The first-order valence-electron chi connectivity index (χ1n) is 7.84. The molecule has 27 heavy (non-hydrogen) atoms. The first-order chi connectivity index (χ1) is 12.8. The molecule has 0 fully saturated rings. The minimum atomic E-state index is -0.936.